The minimum absolute atomic E-state index is 0. The number of nitrogens with one attached hydrogen (secondary N) is 2. The number of hydrogen-bond donors (Lipinski definition) is 3. The highest BCUT2D eigenvalue weighted by Gasteiger charge is 2.33. The van der Waals surface area contributed by atoms with Gasteiger partial charge < -0.3 is 11.1 Å². The van der Waals surface area contributed by atoms with Gasteiger partial charge in [0, 0.05) is 18.4 Å². The Kier molecular flexibility index (Phi) is 7.28. The molecule has 1 aliphatic carbocycles. The molecule has 0 saturated heterocycles. The first-order valence-electron chi connectivity index (χ1n) is 5.73. The van der Waals surface area contributed by atoms with E-state index in [-0.39, 0.29) is 36.3 Å². The molecule has 1 amide bonds. The zero-order chi connectivity index (χ0) is 11.4. The normalized spacial score (nSPS) is 16.5. The van der Waals surface area contributed by atoms with E-state index in [2.05, 4.69) is 15.5 Å². The summed E-state index contributed by atoms with van der Waals surface area (Å²) in [5.74, 6) is 0.0246. The lowest BCUT2D eigenvalue weighted by molar-refractivity contribution is -0.122. The third kappa shape index (κ3) is 4.15. The van der Waals surface area contributed by atoms with Crippen LogP contribution in [0.15, 0.2) is 12.3 Å². The van der Waals surface area contributed by atoms with Gasteiger partial charge in [0.25, 0.3) is 0 Å². The van der Waals surface area contributed by atoms with Crippen molar-refractivity contribution in [3.8, 4) is 0 Å². The summed E-state index contributed by atoms with van der Waals surface area (Å²) in [6.07, 6.45) is 6.30. The SMILES string of the molecule is Cl.Cl.NCC1(NC(=O)Cc2ccn[nH]2)CCCC1. The van der Waals surface area contributed by atoms with E-state index in [0.717, 1.165) is 31.4 Å². The molecule has 0 unspecified atom stereocenters. The highest BCUT2D eigenvalue weighted by molar-refractivity contribution is 5.85. The number of nitrogens with two attached hydrogens (primary N) is 1. The van der Waals surface area contributed by atoms with Crippen LogP contribution in [0, 0.1) is 0 Å². The van der Waals surface area contributed by atoms with Crippen LogP contribution in [0.1, 0.15) is 31.4 Å². The van der Waals surface area contributed by atoms with Gasteiger partial charge in [-0.25, -0.2) is 0 Å². The molecule has 104 valence electrons. The molecule has 4 N–H and O–H groups in total. The highest BCUT2D eigenvalue weighted by Crippen LogP contribution is 2.28. The number of nitrogens with zero attached hydrogens (tertiary/aromatic N) is 1. The fourth-order valence-electron chi connectivity index (χ4n) is 2.33. The number of hydrogen-bond acceptors (Lipinski definition) is 3. The lowest BCUT2D eigenvalue weighted by Gasteiger charge is -2.28. The molecule has 1 aromatic rings. The minimum Gasteiger partial charge on any atom is -0.349 e. The van der Waals surface area contributed by atoms with E-state index in [9.17, 15) is 4.79 Å². The summed E-state index contributed by atoms with van der Waals surface area (Å²) in [6, 6.07) is 1.81. The Bertz CT molecular complexity index is 350. The van der Waals surface area contributed by atoms with Gasteiger partial charge in [0.2, 0.25) is 5.91 Å². The molecule has 7 heteroatoms. The number of aromatic amines is 1. The molecule has 1 aliphatic rings. The summed E-state index contributed by atoms with van der Waals surface area (Å²) < 4.78 is 0. The number of rotatable bonds is 4. The molecule has 1 saturated carbocycles. The Morgan fingerprint density at radius 3 is 2.61 bits per heavy atom. The van der Waals surface area contributed by atoms with E-state index in [4.69, 9.17) is 5.73 Å². The number of H-pyrrole nitrogens is 1. The second-order valence-corrected chi connectivity index (χ2v) is 4.50. The van der Waals surface area contributed by atoms with Gasteiger partial charge >= 0.3 is 0 Å². The number of carbonyl (C=O) groups is 1. The molecule has 1 fully saturated rings. The summed E-state index contributed by atoms with van der Waals surface area (Å²) >= 11 is 0. The van der Waals surface area contributed by atoms with E-state index in [0.29, 0.717) is 13.0 Å². The van der Waals surface area contributed by atoms with Crippen molar-refractivity contribution in [2.75, 3.05) is 6.54 Å². The van der Waals surface area contributed by atoms with Crippen LogP contribution in [0.3, 0.4) is 0 Å². The predicted molar refractivity (Wildman–Crippen MR) is 75.2 cm³/mol. The lowest BCUT2D eigenvalue weighted by atomic mass is 9.97. The molecular formula is C11H20Cl2N4O. The highest BCUT2D eigenvalue weighted by atomic mass is 35.5. The maximum atomic E-state index is 11.8. The van der Waals surface area contributed by atoms with Crippen molar-refractivity contribution < 1.29 is 4.79 Å². The summed E-state index contributed by atoms with van der Waals surface area (Å²) in [7, 11) is 0. The molecule has 18 heavy (non-hydrogen) atoms. The number of halogens is 2. The van der Waals surface area contributed by atoms with Crippen molar-refractivity contribution in [3.63, 3.8) is 0 Å². The van der Waals surface area contributed by atoms with Gasteiger partial charge in [0.05, 0.1) is 12.0 Å². The molecule has 0 spiro atoms. The standard InChI is InChI=1S/C11H18N4O.2ClH/c12-8-11(4-1-2-5-11)14-10(16)7-9-3-6-13-15-9;;/h3,6H,1-2,4-5,7-8,12H2,(H,13,15)(H,14,16);2*1H. The second-order valence-electron chi connectivity index (χ2n) is 4.50. The fourth-order valence-corrected chi connectivity index (χ4v) is 2.33. The fraction of sp³-hybridized carbons (Fsp3) is 0.636. The first-order valence-corrected chi connectivity index (χ1v) is 5.73. The number of amides is 1. The number of aromatic nitrogens is 2. The third-order valence-corrected chi connectivity index (χ3v) is 3.27. The van der Waals surface area contributed by atoms with Gasteiger partial charge in [-0.2, -0.15) is 5.10 Å². The van der Waals surface area contributed by atoms with Gasteiger partial charge in [-0.15, -0.1) is 24.8 Å². The second kappa shape index (κ2) is 7.61. The van der Waals surface area contributed by atoms with E-state index < -0.39 is 0 Å². The Morgan fingerprint density at radius 2 is 2.11 bits per heavy atom. The molecule has 1 heterocycles. The maximum Gasteiger partial charge on any atom is 0.226 e. The van der Waals surface area contributed by atoms with E-state index in [1.54, 1.807) is 6.20 Å². The van der Waals surface area contributed by atoms with Crippen molar-refractivity contribution in [1.82, 2.24) is 15.5 Å². The van der Waals surface area contributed by atoms with Crippen LogP contribution >= 0.6 is 24.8 Å². The van der Waals surface area contributed by atoms with Gasteiger partial charge in [0.15, 0.2) is 0 Å². The van der Waals surface area contributed by atoms with Crippen molar-refractivity contribution in [1.29, 1.82) is 0 Å². The van der Waals surface area contributed by atoms with E-state index in [1.165, 1.54) is 0 Å². The molecular weight excluding hydrogens is 275 g/mol. The van der Waals surface area contributed by atoms with Crippen LogP contribution < -0.4 is 11.1 Å². The monoisotopic (exact) mass is 294 g/mol. The molecule has 0 radical (unpaired) electrons. The van der Waals surface area contributed by atoms with E-state index >= 15 is 0 Å². The lowest BCUT2D eigenvalue weighted by Crippen LogP contribution is -2.52. The van der Waals surface area contributed by atoms with Crippen molar-refractivity contribution in [2.45, 2.75) is 37.6 Å². The first-order chi connectivity index (χ1) is 7.74. The summed E-state index contributed by atoms with van der Waals surface area (Å²) in [4.78, 5) is 11.8. The molecule has 0 aromatic carbocycles. The Labute approximate surface area is 119 Å². The average Bonchev–Trinajstić information content (AvgIpc) is 2.90. The Balaban J connectivity index is 0.00000144. The van der Waals surface area contributed by atoms with Crippen LogP contribution in [-0.4, -0.2) is 28.2 Å². The number of carbonyl (C=O) groups excluding carboxylic acids is 1. The molecule has 0 atom stereocenters. The zero-order valence-corrected chi connectivity index (χ0v) is 11.8. The molecule has 2 rings (SSSR count). The van der Waals surface area contributed by atoms with Gasteiger partial charge in [-0.05, 0) is 18.9 Å². The van der Waals surface area contributed by atoms with Gasteiger partial charge in [-0.3, -0.25) is 9.89 Å². The quantitative estimate of drug-likeness (QED) is 0.780. The van der Waals surface area contributed by atoms with Crippen LogP contribution in [0.25, 0.3) is 0 Å². The van der Waals surface area contributed by atoms with Crippen LogP contribution in [0.2, 0.25) is 0 Å². The maximum absolute atomic E-state index is 11.8. The van der Waals surface area contributed by atoms with Crippen molar-refractivity contribution in [2.24, 2.45) is 5.73 Å². The molecule has 1 aromatic heterocycles. The third-order valence-electron chi connectivity index (χ3n) is 3.27. The molecule has 0 bridgehead atoms. The Morgan fingerprint density at radius 1 is 1.44 bits per heavy atom. The van der Waals surface area contributed by atoms with Crippen LogP contribution in [0.4, 0.5) is 0 Å². The van der Waals surface area contributed by atoms with Crippen LogP contribution in [0.5, 0.6) is 0 Å². The largest absolute Gasteiger partial charge is 0.349 e. The van der Waals surface area contributed by atoms with Gasteiger partial charge in [-0.1, -0.05) is 12.8 Å². The summed E-state index contributed by atoms with van der Waals surface area (Å²) in [6.45, 7) is 0.529. The van der Waals surface area contributed by atoms with Gasteiger partial charge in [0.1, 0.15) is 0 Å². The first kappa shape index (κ1) is 17.2. The van der Waals surface area contributed by atoms with Crippen molar-refractivity contribution >= 4 is 30.7 Å². The topological polar surface area (TPSA) is 83.8 Å². The minimum atomic E-state index is -0.156. The molecule has 0 aliphatic heterocycles. The molecule has 5 nitrogen and oxygen atoms in total. The zero-order valence-electron chi connectivity index (χ0n) is 10.1. The predicted octanol–water partition coefficient (Wildman–Crippen LogP) is 1.18. The average molecular weight is 295 g/mol. The summed E-state index contributed by atoms with van der Waals surface area (Å²) in [5.41, 5.74) is 6.44. The Hall–Kier alpha value is -0.780. The van der Waals surface area contributed by atoms with E-state index in [1.807, 2.05) is 6.07 Å². The summed E-state index contributed by atoms with van der Waals surface area (Å²) in [5, 5.41) is 9.66. The smallest absolute Gasteiger partial charge is 0.226 e. The van der Waals surface area contributed by atoms with Crippen LogP contribution in [-0.2, 0) is 11.2 Å². The van der Waals surface area contributed by atoms with Crippen molar-refractivity contribution in [3.05, 3.63) is 18.0 Å².